The van der Waals surface area contributed by atoms with Crippen molar-refractivity contribution in [1.29, 1.82) is 0 Å². The average Bonchev–Trinajstić information content (AvgIpc) is 2.52. The Bertz CT molecular complexity index is 488. The van der Waals surface area contributed by atoms with Crippen LogP contribution >= 0.6 is 8.58 Å². The summed E-state index contributed by atoms with van der Waals surface area (Å²) in [6, 6.07) is 26.9. The highest BCUT2D eigenvalue weighted by molar-refractivity contribution is 7.55. The molecule has 0 N–H and O–H groups in total. The van der Waals surface area contributed by atoms with Gasteiger partial charge in [-0.15, -0.1) is 0 Å². The zero-order valence-corrected chi connectivity index (χ0v) is 11.6. The Balaban J connectivity index is 0.000000186. The predicted octanol–water partition coefficient (Wildman–Crippen LogP) is 3.40. The second-order valence-corrected chi connectivity index (χ2v) is 5.29. The molecule has 0 saturated heterocycles. The molecule has 0 radical (unpaired) electrons. The molecule has 0 spiro atoms. The second kappa shape index (κ2) is 8.18. The lowest BCUT2D eigenvalue weighted by atomic mass is 10.4. The number of hydrogen-bond donors (Lipinski definition) is 0. The summed E-state index contributed by atoms with van der Waals surface area (Å²) in [6.07, 6.45) is 3.50. The molecule has 0 unspecified atom stereocenters. The summed E-state index contributed by atoms with van der Waals surface area (Å²) in [5.74, 6) is 0. The fourth-order valence-corrected chi connectivity index (χ4v) is 2.57. The number of rotatable bonds is 2. The van der Waals surface area contributed by atoms with Gasteiger partial charge >= 0.3 is 0 Å². The van der Waals surface area contributed by atoms with E-state index in [2.05, 4.69) is 65.6 Å². The van der Waals surface area contributed by atoms with Gasteiger partial charge in [-0.25, -0.2) is 0 Å². The van der Waals surface area contributed by atoms with Crippen molar-refractivity contribution in [2.75, 3.05) is 0 Å². The van der Waals surface area contributed by atoms with Crippen LogP contribution in [0.2, 0.25) is 0 Å². The molecule has 0 fully saturated rings. The van der Waals surface area contributed by atoms with Gasteiger partial charge in [0.05, 0.1) is 0 Å². The van der Waals surface area contributed by atoms with Crippen molar-refractivity contribution in [2.45, 2.75) is 0 Å². The maximum absolute atomic E-state index is 3.78. The van der Waals surface area contributed by atoms with Gasteiger partial charge in [-0.05, 0) is 22.7 Å². The summed E-state index contributed by atoms with van der Waals surface area (Å²) in [6.45, 7) is 0. The van der Waals surface area contributed by atoms with Crippen LogP contribution in [0.25, 0.3) is 0 Å². The van der Waals surface area contributed by atoms with Crippen molar-refractivity contribution in [3.63, 3.8) is 0 Å². The summed E-state index contributed by atoms with van der Waals surface area (Å²) in [5.41, 5.74) is 0. The monoisotopic (exact) mass is 265 g/mol. The summed E-state index contributed by atoms with van der Waals surface area (Å²) in [7, 11) is 0.777. The van der Waals surface area contributed by atoms with Gasteiger partial charge in [0.15, 0.2) is 0 Å². The van der Waals surface area contributed by atoms with Crippen molar-refractivity contribution in [2.24, 2.45) is 0 Å². The standard InChI is InChI=1S/C12H11P.C5H5N/c1-3-7-11(8-4-1)13-12-9-5-2-6-10-12;1-2-4-6-5-3-1/h1-10,13H;1-5H. The van der Waals surface area contributed by atoms with E-state index in [9.17, 15) is 0 Å². The molecule has 1 heterocycles. The molecule has 0 atom stereocenters. The third-order valence-electron chi connectivity index (χ3n) is 2.40. The van der Waals surface area contributed by atoms with Crippen molar-refractivity contribution in [3.8, 4) is 0 Å². The molecule has 3 aromatic rings. The van der Waals surface area contributed by atoms with Gasteiger partial charge in [0.1, 0.15) is 0 Å². The Morgan fingerprint density at radius 2 is 0.947 bits per heavy atom. The molecule has 2 heteroatoms. The van der Waals surface area contributed by atoms with Crippen LogP contribution in [0.3, 0.4) is 0 Å². The van der Waals surface area contributed by atoms with E-state index in [1.807, 2.05) is 18.2 Å². The quantitative estimate of drug-likeness (QED) is 0.647. The first-order valence-electron chi connectivity index (χ1n) is 6.17. The van der Waals surface area contributed by atoms with Crippen LogP contribution in [0.1, 0.15) is 0 Å². The minimum atomic E-state index is 0.777. The summed E-state index contributed by atoms with van der Waals surface area (Å²) < 4.78 is 0. The first-order chi connectivity index (χ1) is 9.45. The van der Waals surface area contributed by atoms with Crippen LogP contribution in [-0.4, -0.2) is 4.98 Å². The number of nitrogens with zero attached hydrogens (tertiary/aromatic N) is 1. The first kappa shape index (κ1) is 13.5. The maximum atomic E-state index is 3.78. The normalized spacial score (nSPS) is 9.26. The number of hydrogen-bond acceptors (Lipinski definition) is 1. The molecule has 0 bridgehead atoms. The van der Waals surface area contributed by atoms with E-state index >= 15 is 0 Å². The third kappa shape index (κ3) is 5.46. The highest BCUT2D eigenvalue weighted by atomic mass is 31.1. The van der Waals surface area contributed by atoms with E-state index < -0.39 is 0 Å². The number of pyridine rings is 1. The van der Waals surface area contributed by atoms with Crippen LogP contribution in [-0.2, 0) is 0 Å². The van der Waals surface area contributed by atoms with E-state index in [1.165, 1.54) is 10.6 Å². The van der Waals surface area contributed by atoms with E-state index in [-0.39, 0.29) is 0 Å². The van der Waals surface area contributed by atoms with Crippen molar-refractivity contribution in [1.82, 2.24) is 4.98 Å². The molecule has 2 aromatic carbocycles. The molecule has 1 nitrogen and oxygen atoms in total. The minimum absolute atomic E-state index is 0.777. The van der Waals surface area contributed by atoms with E-state index in [0.29, 0.717) is 0 Å². The summed E-state index contributed by atoms with van der Waals surface area (Å²) in [5, 5.41) is 2.79. The van der Waals surface area contributed by atoms with Gasteiger partial charge in [-0.2, -0.15) is 0 Å². The molecular weight excluding hydrogens is 249 g/mol. The molecule has 1 aromatic heterocycles. The Morgan fingerprint density at radius 3 is 1.26 bits per heavy atom. The van der Waals surface area contributed by atoms with Gasteiger partial charge in [-0.1, -0.05) is 75.3 Å². The number of aromatic nitrogens is 1. The molecule has 19 heavy (non-hydrogen) atoms. The lowest BCUT2D eigenvalue weighted by Crippen LogP contribution is -2.01. The SMILES string of the molecule is c1ccc(Pc2ccccc2)cc1.c1ccncc1. The van der Waals surface area contributed by atoms with Crippen molar-refractivity contribution >= 4 is 19.2 Å². The zero-order chi connectivity index (χ0) is 13.2. The van der Waals surface area contributed by atoms with Crippen LogP contribution in [0.5, 0.6) is 0 Å². The lowest BCUT2D eigenvalue weighted by Gasteiger charge is -2.00. The predicted molar refractivity (Wildman–Crippen MR) is 84.7 cm³/mol. The average molecular weight is 265 g/mol. The summed E-state index contributed by atoms with van der Waals surface area (Å²) >= 11 is 0. The fraction of sp³-hybridized carbons (Fsp3) is 0. The molecule has 0 amide bonds. The Labute approximate surface area is 116 Å². The van der Waals surface area contributed by atoms with Crippen LogP contribution in [0.15, 0.2) is 91.3 Å². The highest BCUT2D eigenvalue weighted by Crippen LogP contribution is 2.08. The van der Waals surface area contributed by atoms with Crippen molar-refractivity contribution in [3.05, 3.63) is 91.3 Å². The molecule has 0 aliphatic carbocycles. The molecule has 0 saturated carbocycles. The maximum Gasteiger partial charge on any atom is 0.0267 e. The van der Waals surface area contributed by atoms with Gasteiger partial charge in [0.25, 0.3) is 0 Å². The van der Waals surface area contributed by atoms with Crippen molar-refractivity contribution < 1.29 is 0 Å². The van der Waals surface area contributed by atoms with Crippen LogP contribution in [0, 0.1) is 0 Å². The Hall–Kier alpha value is -1.98. The van der Waals surface area contributed by atoms with E-state index in [1.54, 1.807) is 12.4 Å². The zero-order valence-electron chi connectivity index (χ0n) is 10.6. The highest BCUT2D eigenvalue weighted by Gasteiger charge is 1.92. The molecule has 0 aliphatic heterocycles. The Morgan fingerprint density at radius 1 is 0.526 bits per heavy atom. The van der Waals surface area contributed by atoms with E-state index in [0.717, 1.165) is 8.58 Å². The largest absolute Gasteiger partial charge is 0.265 e. The summed E-state index contributed by atoms with van der Waals surface area (Å²) in [4.78, 5) is 3.78. The molecule has 3 rings (SSSR count). The molecular formula is C17H16NP. The smallest absolute Gasteiger partial charge is 0.0267 e. The minimum Gasteiger partial charge on any atom is -0.265 e. The third-order valence-corrected chi connectivity index (χ3v) is 3.65. The van der Waals surface area contributed by atoms with Gasteiger partial charge in [0.2, 0.25) is 0 Å². The number of benzene rings is 2. The van der Waals surface area contributed by atoms with Crippen LogP contribution in [0.4, 0.5) is 0 Å². The van der Waals surface area contributed by atoms with E-state index in [4.69, 9.17) is 0 Å². The van der Waals surface area contributed by atoms with Gasteiger partial charge in [-0.3, -0.25) is 4.98 Å². The molecule has 0 aliphatic rings. The second-order valence-electron chi connectivity index (χ2n) is 3.88. The van der Waals surface area contributed by atoms with Gasteiger partial charge < -0.3 is 0 Å². The lowest BCUT2D eigenvalue weighted by molar-refractivity contribution is 1.33. The topological polar surface area (TPSA) is 12.9 Å². The fourth-order valence-electron chi connectivity index (χ4n) is 1.52. The van der Waals surface area contributed by atoms with Gasteiger partial charge in [0, 0.05) is 12.4 Å². The molecule has 94 valence electrons. The van der Waals surface area contributed by atoms with Crippen LogP contribution < -0.4 is 10.6 Å². The Kier molecular flexibility index (Phi) is 5.79. The first-order valence-corrected chi connectivity index (χ1v) is 7.17.